The summed E-state index contributed by atoms with van der Waals surface area (Å²) in [6, 6.07) is 3.95. The summed E-state index contributed by atoms with van der Waals surface area (Å²) in [6.07, 6.45) is 3.58. The average Bonchev–Trinajstić information content (AvgIpc) is 2.38. The van der Waals surface area contributed by atoms with Crippen LogP contribution in [0.5, 0.6) is 0 Å². The lowest BCUT2D eigenvalue weighted by molar-refractivity contribution is 0.487. The van der Waals surface area contributed by atoms with E-state index in [1.807, 2.05) is 32.2 Å². The van der Waals surface area contributed by atoms with Crippen LogP contribution in [0.4, 0.5) is 0 Å². The van der Waals surface area contributed by atoms with Crippen molar-refractivity contribution < 1.29 is 0 Å². The van der Waals surface area contributed by atoms with Crippen LogP contribution in [0.15, 0.2) is 29.3 Å². The number of pyridine rings is 1. The fourth-order valence-electron chi connectivity index (χ4n) is 2.43. The van der Waals surface area contributed by atoms with Crippen molar-refractivity contribution in [3.05, 3.63) is 57.5 Å². The molecule has 0 fully saturated rings. The summed E-state index contributed by atoms with van der Waals surface area (Å²) in [5.41, 5.74) is 2.47. The maximum atomic E-state index is 12.1. The number of nitrogens with zero attached hydrogens (tertiary/aromatic N) is 2. The van der Waals surface area contributed by atoms with Crippen molar-refractivity contribution in [3.8, 4) is 0 Å². The van der Waals surface area contributed by atoms with Crippen molar-refractivity contribution in [3.63, 3.8) is 0 Å². The molecule has 0 saturated carbocycles. The highest BCUT2D eigenvalue weighted by atomic mass is 16.1. The van der Waals surface area contributed by atoms with E-state index in [-0.39, 0.29) is 17.6 Å². The molecule has 2 aromatic heterocycles. The molecule has 2 rings (SSSR count). The van der Waals surface area contributed by atoms with Crippen LogP contribution in [0.2, 0.25) is 0 Å². The first-order chi connectivity index (χ1) is 9.49. The van der Waals surface area contributed by atoms with Gasteiger partial charge in [-0.25, -0.2) is 4.98 Å². The summed E-state index contributed by atoms with van der Waals surface area (Å²) in [4.78, 5) is 23.3. The van der Waals surface area contributed by atoms with E-state index < -0.39 is 0 Å². The Morgan fingerprint density at radius 1 is 1.25 bits per heavy atom. The molecule has 0 saturated heterocycles. The molecule has 5 heteroatoms. The second kappa shape index (κ2) is 5.96. The van der Waals surface area contributed by atoms with Crippen molar-refractivity contribution >= 4 is 0 Å². The van der Waals surface area contributed by atoms with Gasteiger partial charge >= 0.3 is 0 Å². The normalized spacial score (nSPS) is 14.0. The minimum absolute atomic E-state index is 0.0756. The summed E-state index contributed by atoms with van der Waals surface area (Å²) in [6.45, 7) is 7.68. The van der Waals surface area contributed by atoms with E-state index in [2.05, 4.69) is 27.2 Å². The van der Waals surface area contributed by atoms with Gasteiger partial charge in [0.05, 0.1) is 5.56 Å². The molecule has 2 unspecified atom stereocenters. The molecule has 2 N–H and O–H groups in total. The van der Waals surface area contributed by atoms with Crippen LogP contribution in [0, 0.1) is 13.8 Å². The van der Waals surface area contributed by atoms with E-state index in [1.54, 1.807) is 13.1 Å². The first kappa shape index (κ1) is 14.4. The summed E-state index contributed by atoms with van der Waals surface area (Å²) in [7, 11) is 0. The van der Waals surface area contributed by atoms with Gasteiger partial charge in [-0.2, -0.15) is 0 Å². The largest absolute Gasteiger partial charge is 0.310 e. The quantitative estimate of drug-likeness (QED) is 0.895. The fourth-order valence-corrected chi connectivity index (χ4v) is 2.43. The first-order valence-corrected chi connectivity index (χ1v) is 6.72. The van der Waals surface area contributed by atoms with Crippen LogP contribution in [-0.4, -0.2) is 15.0 Å². The number of H-pyrrole nitrogens is 1. The Labute approximate surface area is 118 Å². The molecule has 0 amide bonds. The molecule has 0 aliphatic carbocycles. The monoisotopic (exact) mass is 272 g/mol. The minimum atomic E-state index is -0.0814. The predicted molar refractivity (Wildman–Crippen MR) is 78.5 cm³/mol. The lowest BCUT2D eigenvalue weighted by Crippen LogP contribution is -2.29. The summed E-state index contributed by atoms with van der Waals surface area (Å²) in [5, 5.41) is 3.41. The predicted octanol–water partition coefficient (Wildman–Crippen LogP) is 2.19. The molecule has 0 spiro atoms. The molecule has 0 aliphatic heterocycles. The smallest absolute Gasteiger partial charge is 0.255 e. The van der Waals surface area contributed by atoms with E-state index in [4.69, 9.17) is 0 Å². The fraction of sp³-hybridized carbons (Fsp3) is 0.400. The topological polar surface area (TPSA) is 70.7 Å². The molecule has 5 nitrogen and oxygen atoms in total. The van der Waals surface area contributed by atoms with Crippen LogP contribution in [-0.2, 0) is 0 Å². The van der Waals surface area contributed by atoms with Crippen molar-refractivity contribution in [2.75, 3.05) is 0 Å². The Balaban J connectivity index is 2.21. The van der Waals surface area contributed by atoms with Crippen LogP contribution in [0.1, 0.15) is 48.6 Å². The zero-order valence-corrected chi connectivity index (χ0v) is 12.3. The summed E-state index contributed by atoms with van der Waals surface area (Å²) in [5.74, 6) is 0.642. The molecule has 2 aromatic rings. The van der Waals surface area contributed by atoms with E-state index in [9.17, 15) is 4.79 Å². The van der Waals surface area contributed by atoms with Gasteiger partial charge in [-0.15, -0.1) is 0 Å². The van der Waals surface area contributed by atoms with Gasteiger partial charge in [0.15, 0.2) is 0 Å². The van der Waals surface area contributed by atoms with E-state index in [1.165, 1.54) is 0 Å². The first-order valence-electron chi connectivity index (χ1n) is 6.72. The third-order valence-electron chi connectivity index (χ3n) is 3.38. The third-order valence-corrected chi connectivity index (χ3v) is 3.38. The van der Waals surface area contributed by atoms with Crippen LogP contribution in [0.25, 0.3) is 0 Å². The molecule has 0 radical (unpaired) electrons. The zero-order valence-electron chi connectivity index (χ0n) is 12.3. The van der Waals surface area contributed by atoms with Gasteiger partial charge in [0.25, 0.3) is 5.56 Å². The molecular weight excluding hydrogens is 252 g/mol. The number of aromatic nitrogens is 3. The van der Waals surface area contributed by atoms with Gasteiger partial charge in [-0.05, 0) is 39.3 Å². The number of hydrogen-bond donors (Lipinski definition) is 2. The Kier molecular flexibility index (Phi) is 4.29. The van der Waals surface area contributed by atoms with E-state index >= 15 is 0 Å². The molecule has 0 aromatic carbocycles. The van der Waals surface area contributed by atoms with Gasteiger partial charge in [-0.1, -0.05) is 6.07 Å². The second-order valence-electron chi connectivity index (χ2n) is 5.05. The summed E-state index contributed by atoms with van der Waals surface area (Å²) >= 11 is 0. The van der Waals surface area contributed by atoms with Gasteiger partial charge in [0.1, 0.15) is 5.82 Å². The Morgan fingerprint density at radius 2 is 2.00 bits per heavy atom. The van der Waals surface area contributed by atoms with Crippen LogP contribution >= 0.6 is 0 Å². The third kappa shape index (κ3) is 3.11. The van der Waals surface area contributed by atoms with Crippen LogP contribution < -0.4 is 10.9 Å². The number of rotatable bonds is 4. The van der Waals surface area contributed by atoms with E-state index in [0.717, 1.165) is 11.3 Å². The zero-order chi connectivity index (χ0) is 14.7. The molecule has 2 heterocycles. The van der Waals surface area contributed by atoms with Gasteiger partial charge in [-0.3, -0.25) is 9.78 Å². The number of nitrogens with one attached hydrogen (secondary N) is 2. The summed E-state index contributed by atoms with van der Waals surface area (Å²) < 4.78 is 0. The lowest BCUT2D eigenvalue weighted by atomic mass is 10.1. The SMILES string of the molecule is Cc1nc(C)c(C(C)NC(C)c2cccnc2)c(=O)[nH]1. The maximum Gasteiger partial charge on any atom is 0.255 e. The maximum absolute atomic E-state index is 12.1. The van der Waals surface area contributed by atoms with Crippen molar-refractivity contribution in [1.82, 2.24) is 20.3 Å². The highest BCUT2D eigenvalue weighted by Crippen LogP contribution is 2.17. The highest BCUT2D eigenvalue weighted by Gasteiger charge is 2.17. The second-order valence-corrected chi connectivity index (χ2v) is 5.05. The molecule has 0 bridgehead atoms. The van der Waals surface area contributed by atoms with Gasteiger partial charge in [0.2, 0.25) is 0 Å². The standard InChI is InChI=1S/C15H20N4O/c1-9(13-6-5-7-16-8-13)17-10(2)14-11(3)18-12(4)19-15(14)20/h5-10,17H,1-4H3,(H,18,19,20). The molecule has 20 heavy (non-hydrogen) atoms. The number of aromatic amines is 1. The molecule has 2 atom stereocenters. The minimum Gasteiger partial charge on any atom is -0.310 e. The lowest BCUT2D eigenvalue weighted by Gasteiger charge is -2.21. The molecule has 0 aliphatic rings. The molecule has 106 valence electrons. The van der Waals surface area contributed by atoms with Gasteiger partial charge < -0.3 is 10.3 Å². The van der Waals surface area contributed by atoms with Crippen molar-refractivity contribution in [2.24, 2.45) is 0 Å². The number of hydrogen-bond acceptors (Lipinski definition) is 4. The Bertz CT molecular complexity index is 636. The highest BCUT2D eigenvalue weighted by molar-refractivity contribution is 5.21. The Hall–Kier alpha value is -2.01. The van der Waals surface area contributed by atoms with Crippen LogP contribution in [0.3, 0.4) is 0 Å². The average molecular weight is 272 g/mol. The van der Waals surface area contributed by atoms with Crippen molar-refractivity contribution in [1.29, 1.82) is 0 Å². The Morgan fingerprint density at radius 3 is 2.60 bits per heavy atom. The van der Waals surface area contributed by atoms with E-state index in [0.29, 0.717) is 11.4 Å². The molecular formula is C15H20N4O. The number of aryl methyl sites for hydroxylation is 2. The van der Waals surface area contributed by atoms with Gasteiger partial charge in [0, 0.05) is 30.2 Å². The van der Waals surface area contributed by atoms with Crippen molar-refractivity contribution in [2.45, 2.75) is 39.8 Å².